The molecule has 0 unspecified atom stereocenters. The van der Waals surface area contributed by atoms with Crippen LogP contribution in [-0.2, 0) is 0 Å². The van der Waals surface area contributed by atoms with Crippen molar-refractivity contribution in [3.63, 3.8) is 0 Å². The smallest absolute Gasteiger partial charge is 0.270 e. The molecular formula is C8H15F2IN2. The molecule has 1 aliphatic rings. The summed E-state index contributed by atoms with van der Waals surface area (Å²) in [5.41, 5.74) is 5.18. The van der Waals surface area contributed by atoms with Crippen molar-refractivity contribution in [2.24, 2.45) is 16.6 Å². The number of amidine groups is 1. The fraction of sp³-hybridized carbons (Fsp3) is 0.875. The third-order valence-electron chi connectivity index (χ3n) is 2.24. The Morgan fingerprint density at radius 3 is 2.38 bits per heavy atom. The fourth-order valence-electron chi connectivity index (χ4n) is 1.19. The third kappa shape index (κ3) is 3.74. The van der Waals surface area contributed by atoms with E-state index < -0.39 is 18.4 Å². The molecular weight excluding hydrogens is 289 g/mol. The average molecular weight is 304 g/mol. The molecule has 0 aromatic heterocycles. The van der Waals surface area contributed by atoms with Gasteiger partial charge in [-0.3, -0.25) is 4.99 Å². The topological polar surface area (TPSA) is 38.4 Å². The normalized spacial score (nSPS) is 19.2. The van der Waals surface area contributed by atoms with Crippen LogP contribution in [0.2, 0.25) is 0 Å². The average Bonchev–Trinajstić information content (AvgIpc) is 1.78. The van der Waals surface area contributed by atoms with Gasteiger partial charge in [0.1, 0.15) is 6.54 Å². The maximum absolute atomic E-state index is 13.1. The SMILES string of the molecule is CC(N)=NCC(F)(F)C1CCC1.I. The molecule has 2 N–H and O–H groups in total. The van der Waals surface area contributed by atoms with Crippen molar-refractivity contribution in [1.82, 2.24) is 0 Å². The fourth-order valence-corrected chi connectivity index (χ4v) is 1.19. The van der Waals surface area contributed by atoms with Gasteiger partial charge in [0.2, 0.25) is 0 Å². The Morgan fingerprint density at radius 1 is 1.54 bits per heavy atom. The largest absolute Gasteiger partial charge is 0.388 e. The van der Waals surface area contributed by atoms with Crippen LogP contribution in [0.4, 0.5) is 8.78 Å². The van der Waals surface area contributed by atoms with Gasteiger partial charge in [0.05, 0.1) is 5.84 Å². The van der Waals surface area contributed by atoms with E-state index in [1.807, 2.05) is 0 Å². The van der Waals surface area contributed by atoms with E-state index in [1.165, 1.54) is 6.92 Å². The van der Waals surface area contributed by atoms with Crippen LogP contribution in [0.1, 0.15) is 26.2 Å². The Bertz CT molecular complexity index is 187. The van der Waals surface area contributed by atoms with Crippen LogP contribution in [0, 0.1) is 5.92 Å². The van der Waals surface area contributed by atoms with Crippen LogP contribution in [0.15, 0.2) is 4.99 Å². The monoisotopic (exact) mass is 304 g/mol. The molecule has 0 amide bonds. The van der Waals surface area contributed by atoms with Crippen molar-refractivity contribution < 1.29 is 8.78 Å². The van der Waals surface area contributed by atoms with Gasteiger partial charge in [-0.1, -0.05) is 6.42 Å². The summed E-state index contributed by atoms with van der Waals surface area (Å²) < 4.78 is 26.1. The summed E-state index contributed by atoms with van der Waals surface area (Å²) in [7, 11) is 0. The Hall–Kier alpha value is 0.0600. The Balaban J connectivity index is 0.00000144. The van der Waals surface area contributed by atoms with Crippen LogP contribution in [-0.4, -0.2) is 18.3 Å². The number of nitrogens with zero attached hydrogens (tertiary/aromatic N) is 1. The second kappa shape index (κ2) is 5.07. The maximum Gasteiger partial charge on any atom is 0.270 e. The molecule has 0 aromatic rings. The van der Waals surface area contributed by atoms with Gasteiger partial charge < -0.3 is 5.73 Å². The number of halogens is 3. The second-order valence-corrected chi connectivity index (χ2v) is 3.35. The quantitative estimate of drug-likeness (QED) is 0.485. The highest BCUT2D eigenvalue weighted by molar-refractivity contribution is 14.0. The minimum absolute atomic E-state index is 0. The summed E-state index contributed by atoms with van der Waals surface area (Å²) in [4.78, 5) is 3.54. The standard InChI is InChI=1S/C8H14F2N2.HI/c1-6(11)12-5-8(9,10)7-3-2-4-7;/h7H,2-5H2,1H3,(H2,11,12);1H. The van der Waals surface area contributed by atoms with E-state index in [4.69, 9.17) is 5.73 Å². The van der Waals surface area contributed by atoms with Crippen molar-refractivity contribution in [3.8, 4) is 0 Å². The lowest BCUT2D eigenvalue weighted by Crippen LogP contribution is -2.36. The molecule has 1 aliphatic carbocycles. The minimum Gasteiger partial charge on any atom is -0.388 e. The number of hydrogen-bond donors (Lipinski definition) is 1. The first kappa shape index (κ1) is 13.1. The van der Waals surface area contributed by atoms with Gasteiger partial charge in [0.15, 0.2) is 0 Å². The number of nitrogens with two attached hydrogens (primary N) is 1. The number of aliphatic imine (C=N–C) groups is 1. The van der Waals surface area contributed by atoms with E-state index in [-0.39, 0.29) is 29.8 Å². The molecule has 1 rings (SSSR count). The molecule has 13 heavy (non-hydrogen) atoms. The van der Waals surface area contributed by atoms with Crippen molar-refractivity contribution in [3.05, 3.63) is 0 Å². The third-order valence-corrected chi connectivity index (χ3v) is 2.24. The lowest BCUT2D eigenvalue weighted by molar-refractivity contribution is -0.0777. The van der Waals surface area contributed by atoms with E-state index >= 15 is 0 Å². The Kier molecular flexibility index (Phi) is 5.09. The predicted octanol–water partition coefficient (Wildman–Crippen LogP) is 2.42. The molecule has 1 fully saturated rings. The minimum atomic E-state index is -2.64. The summed E-state index contributed by atoms with van der Waals surface area (Å²) in [6.45, 7) is 1.08. The molecule has 0 aromatic carbocycles. The zero-order valence-corrected chi connectivity index (χ0v) is 9.92. The van der Waals surface area contributed by atoms with E-state index in [0.717, 1.165) is 6.42 Å². The van der Waals surface area contributed by atoms with Gasteiger partial charge >= 0.3 is 0 Å². The Labute approximate surface area is 94.0 Å². The zero-order chi connectivity index (χ0) is 9.19. The van der Waals surface area contributed by atoms with E-state index in [0.29, 0.717) is 12.8 Å². The summed E-state index contributed by atoms with van der Waals surface area (Å²) in [6, 6.07) is 0. The molecule has 78 valence electrons. The first-order chi connectivity index (χ1) is 5.52. The van der Waals surface area contributed by atoms with E-state index in [2.05, 4.69) is 4.99 Å². The van der Waals surface area contributed by atoms with Gasteiger partial charge in [0, 0.05) is 5.92 Å². The number of rotatable bonds is 3. The van der Waals surface area contributed by atoms with Crippen molar-refractivity contribution in [1.29, 1.82) is 0 Å². The highest BCUT2D eigenvalue weighted by Gasteiger charge is 2.42. The molecule has 0 heterocycles. The van der Waals surface area contributed by atoms with Crippen molar-refractivity contribution >= 4 is 29.8 Å². The molecule has 0 atom stereocenters. The first-order valence-corrected chi connectivity index (χ1v) is 4.17. The summed E-state index contributed by atoms with van der Waals surface area (Å²) >= 11 is 0. The van der Waals surface area contributed by atoms with Crippen LogP contribution in [0.5, 0.6) is 0 Å². The van der Waals surface area contributed by atoms with Crippen LogP contribution in [0.3, 0.4) is 0 Å². The van der Waals surface area contributed by atoms with Crippen LogP contribution in [0.25, 0.3) is 0 Å². The van der Waals surface area contributed by atoms with Gasteiger partial charge in [-0.05, 0) is 19.8 Å². The molecule has 0 radical (unpaired) electrons. The van der Waals surface area contributed by atoms with Gasteiger partial charge in [-0.2, -0.15) is 0 Å². The molecule has 0 aliphatic heterocycles. The lowest BCUT2D eigenvalue weighted by Gasteiger charge is -2.32. The molecule has 0 spiro atoms. The molecule has 0 saturated heterocycles. The van der Waals surface area contributed by atoms with Crippen LogP contribution < -0.4 is 5.73 Å². The van der Waals surface area contributed by atoms with Gasteiger partial charge in [-0.25, -0.2) is 8.78 Å². The number of hydrogen-bond acceptors (Lipinski definition) is 1. The van der Waals surface area contributed by atoms with Crippen LogP contribution >= 0.6 is 24.0 Å². The maximum atomic E-state index is 13.1. The highest BCUT2D eigenvalue weighted by Crippen LogP contribution is 2.39. The second-order valence-electron chi connectivity index (χ2n) is 3.35. The van der Waals surface area contributed by atoms with E-state index in [1.54, 1.807) is 0 Å². The highest BCUT2D eigenvalue weighted by atomic mass is 127. The summed E-state index contributed by atoms with van der Waals surface area (Å²) in [5, 5.41) is 0. The Morgan fingerprint density at radius 2 is 2.08 bits per heavy atom. The van der Waals surface area contributed by atoms with E-state index in [9.17, 15) is 8.78 Å². The molecule has 1 saturated carbocycles. The molecule has 0 bridgehead atoms. The summed E-state index contributed by atoms with van der Waals surface area (Å²) in [6.07, 6.45) is 2.18. The molecule has 5 heteroatoms. The lowest BCUT2D eigenvalue weighted by atomic mass is 9.80. The zero-order valence-electron chi connectivity index (χ0n) is 7.59. The molecule has 2 nitrogen and oxygen atoms in total. The van der Waals surface area contributed by atoms with Gasteiger partial charge in [0.25, 0.3) is 5.92 Å². The van der Waals surface area contributed by atoms with Gasteiger partial charge in [-0.15, -0.1) is 24.0 Å². The van der Waals surface area contributed by atoms with Crippen molar-refractivity contribution in [2.45, 2.75) is 32.1 Å². The number of alkyl halides is 2. The first-order valence-electron chi connectivity index (χ1n) is 4.17. The predicted molar refractivity (Wildman–Crippen MR) is 59.9 cm³/mol. The summed E-state index contributed by atoms with van der Waals surface area (Å²) in [5.74, 6) is -2.87. The van der Waals surface area contributed by atoms with Crippen molar-refractivity contribution in [2.75, 3.05) is 6.54 Å².